The molecular formula is C14H19NO3. The van der Waals surface area contributed by atoms with Crippen molar-refractivity contribution in [1.29, 1.82) is 0 Å². The number of Topliss-reactive ketones (excluding diaryl/α,β-unsaturated/α-hetero) is 1. The molecule has 0 bridgehead atoms. The first-order valence-corrected chi connectivity index (χ1v) is 6.27. The number of ketones is 1. The summed E-state index contributed by atoms with van der Waals surface area (Å²) in [6.45, 7) is 3.26. The fourth-order valence-corrected chi connectivity index (χ4v) is 2.19. The van der Waals surface area contributed by atoms with Gasteiger partial charge in [0.25, 0.3) is 0 Å². The van der Waals surface area contributed by atoms with Crippen molar-refractivity contribution < 1.29 is 14.3 Å². The fourth-order valence-electron chi connectivity index (χ4n) is 2.19. The molecule has 2 unspecified atom stereocenters. The molecule has 1 aliphatic heterocycles. The van der Waals surface area contributed by atoms with Crippen LogP contribution in [-0.2, 0) is 4.74 Å². The van der Waals surface area contributed by atoms with Crippen molar-refractivity contribution in [2.24, 2.45) is 0 Å². The van der Waals surface area contributed by atoms with Crippen molar-refractivity contribution in [2.75, 3.05) is 20.3 Å². The van der Waals surface area contributed by atoms with Crippen LogP contribution in [-0.4, -0.2) is 38.2 Å². The lowest BCUT2D eigenvalue weighted by Crippen LogP contribution is -2.30. The summed E-state index contributed by atoms with van der Waals surface area (Å²) in [5.74, 6) is 0.848. The van der Waals surface area contributed by atoms with E-state index in [1.807, 2.05) is 25.1 Å². The van der Waals surface area contributed by atoms with Gasteiger partial charge in [-0.05, 0) is 25.5 Å². The quantitative estimate of drug-likeness (QED) is 0.806. The van der Waals surface area contributed by atoms with Crippen LogP contribution in [0.25, 0.3) is 0 Å². The smallest absolute Gasteiger partial charge is 0.179 e. The lowest BCUT2D eigenvalue weighted by molar-refractivity contribution is 0.0918. The highest BCUT2D eigenvalue weighted by Gasteiger charge is 2.29. The normalized spacial score (nSPS) is 23.0. The van der Waals surface area contributed by atoms with Crippen molar-refractivity contribution >= 4 is 5.78 Å². The number of rotatable bonds is 5. The number of benzene rings is 1. The molecule has 98 valence electrons. The summed E-state index contributed by atoms with van der Waals surface area (Å²) >= 11 is 0. The Labute approximate surface area is 107 Å². The summed E-state index contributed by atoms with van der Waals surface area (Å²) in [6, 6.07) is 7.19. The lowest BCUT2D eigenvalue weighted by Gasteiger charge is -2.10. The highest BCUT2D eigenvalue weighted by molar-refractivity contribution is 6.00. The van der Waals surface area contributed by atoms with Gasteiger partial charge in [0.05, 0.1) is 18.8 Å². The van der Waals surface area contributed by atoms with Gasteiger partial charge in [0.15, 0.2) is 5.78 Å². The second-order valence-corrected chi connectivity index (χ2v) is 4.38. The van der Waals surface area contributed by atoms with Gasteiger partial charge < -0.3 is 14.8 Å². The van der Waals surface area contributed by atoms with Crippen LogP contribution in [0.2, 0.25) is 0 Å². The van der Waals surface area contributed by atoms with Crippen LogP contribution in [0.5, 0.6) is 5.75 Å². The van der Waals surface area contributed by atoms with Crippen LogP contribution in [0.3, 0.4) is 0 Å². The Morgan fingerprint density at radius 3 is 3.00 bits per heavy atom. The SMILES string of the molecule is CCOc1cccc(C(=O)C2CC(OC)CN2)c1. The molecule has 1 aromatic rings. The Morgan fingerprint density at radius 1 is 1.50 bits per heavy atom. The van der Waals surface area contributed by atoms with E-state index < -0.39 is 0 Å². The maximum absolute atomic E-state index is 12.3. The fraction of sp³-hybridized carbons (Fsp3) is 0.500. The summed E-state index contributed by atoms with van der Waals surface area (Å²) in [6.07, 6.45) is 0.864. The molecule has 1 N–H and O–H groups in total. The first-order valence-electron chi connectivity index (χ1n) is 6.27. The summed E-state index contributed by atoms with van der Waals surface area (Å²) in [7, 11) is 1.68. The monoisotopic (exact) mass is 249 g/mol. The molecule has 4 heteroatoms. The molecule has 1 aromatic carbocycles. The van der Waals surface area contributed by atoms with Crippen molar-refractivity contribution in [1.82, 2.24) is 5.32 Å². The molecule has 0 spiro atoms. The third-order valence-corrected chi connectivity index (χ3v) is 3.17. The Morgan fingerprint density at radius 2 is 2.33 bits per heavy atom. The van der Waals surface area contributed by atoms with Gasteiger partial charge in [-0.15, -0.1) is 0 Å². The Balaban J connectivity index is 2.07. The standard InChI is InChI=1S/C14H19NO3/c1-3-18-11-6-4-5-10(7-11)14(16)13-8-12(17-2)9-15-13/h4-7,12-13,15H,3,8-9H2,1-2H3. The zero-order chi connectivity index (χ0) is 13.0. The predicted molar refractivity (Wildman–Crippen MR) is 69.1 cm³/mol. The largest absolute Gasteiger partial charge is 0.494 e. The zero-order valence-electron chi connectivity index (χ0n) is 10.8. The third-order valence-electron chi connectivity index (χ3n) is 3.17. The Hall–Kier alpha value is -1.39. The lowest BCUT2D eigenvalue weighted by atomic mass is 10.0. The first-order chi connectivity index (χ1) is 8.74. The van der Waals surface area contributed by atoms with Crippen molar-refractivity contribution in [3.63, 3.8) is 0 Å². The minimum absolute atomic E-state index is 0.108. The highest BCUT2D eigenvalue weighted by atomic mass is 16.5. The average Bonchev–Trinajstić information content (AvgIpc) is 2.87. The molecule has 18 heavy (non-hydrogen) atoms. The van der Waals surface area contributed by atoms with Gasteiger partial charge in [0.2, 0.25) is 0 Å². The molecule has 1 saturated heterocycles. The molecule has 2 atom stereocenters. The second kappa shape index (κ2) is 5.98. The van der Waals surface area contributed by atoms with Crippen LogP contribution in [0.15, 0.2) is 24.3 Å². The zero-order valence-corrected chi connectivity index (χ0v) is 10.8. The molecule has 1 heterocycles. The number of methoxy groups -OCH3 is 1. The van der Waals surface area contributed by atoms with Crippen molar-refractivity contribution in [3.8, 4) is 5.75 Å². The molecule has 0 aromatic heterocycles. The molecule has 4 nitrogen and oxygen atoms in total. The molecule has 0 aliphatic carbocycles. The number of carbonyl (C=O) groups excluding carboxylic acids is 1. The third kappa shape index (κ3) is 2.89. The van der Waals surface area contributed by atoms with Crippen molar-refractivity contribution in [2.45, 2.75) is 25.5 Å². The highest BCUT2D eigenvalue weighted by Crippen LogP contribution is 2.18. The van der Waals surface area contributed by atoms with E-state index >= 15 is 0 Å². The topological polar surface area (TPSA) is 47.6 Å². The van der Waals surface area contributed by atoms with E-state index in [2.05, 4.69) is 5.32 Å². The van der Waals surface area contributed by atoms with E-state index in [4.69, 9.17) is 9.47 Å². The van der Waals surface area contributed by atoms with E-state index in [9.17, 15) is 4.79 Å². The van der Waals surface area contributed by atoms with Crippen LogP contribution < -0.4 is 10.1 Å². The molecule has 0 amide bonds. The maximum atomic E-state index is 12.3. The number of hydrogen-bond acceptors (Lipinski definition) is 4. The molecular weight excluding hydrogens is 230 g/mol. The minimum Gasteiger partial charge on any atom is -0.494 e. The summed E-state index contributed by atoms with van der Waals surface area (Å²) in [5.41, 5.74) is 0.690. The Kier molecular flexibility index (Phi) is 4.33. The Bertz CT molecular complexity index is 419. The van der Waals surface area contributed by atoms with Crippen molar-refractivity contribution in [3.05, 3.63) is 29.8 Å². The van der Waals surface area contributed by atoms with E-state index in [0.29, 0.717) is 12.2 Å². The average molecular weight is 249 g/mol. The predicted octanol–water partition coefficient (Wildman–Crippen LogP) is 1.64. The molecule has 1 aliphatic rings. The van der Waals surface area contributed by atoms with Gasteiger partial charge in [0, 0.05) is 19.2 Å². The van der Waals surface area contributed by atoms with Gasteiger partial charge in [0.1, 0.15) is 5.75 Å². The molecule has 0 saturated carbocycles. The van der Waals surface area contributed by atoms with Crippen LogP contribution in [0, 0.1) is 0 Å². The van der Waals surface area contributed by atoms with Gasteiger partial charge in [-0.25, -0.2) is 0 Å². The summed E-state index contributed by atoms with van der Waals surface area (Å²) < 4.78 is 10.7. The van der Waals surface area contributed by atoms with E-state index in [0.717, 1.165) is 18.7 Å². The maximum Gasteiger partial charge on any atom is 0.179 e. The molecule has 1 fully saturated rings. The van der Waals surface area contributed by atoms with Gasteiger partial charge >= 0.3 is 0 Å². The first kappa shape index (κ1) is 13.1. The van der Waals surface area contributed by atoms with Gasteiger partial charge in [-0.3, -0.25) is 4.79 Å². The van der Waals surface area contributed by atoms with E-state index in [1.54, 1.807) is 13.2 Å². The minimum atomic E-state index is -0.146. The van der Waals surface area contributed by atoms with E-state index in [1.165, 1.54) is 0 Å². The number of ether oxygens (including phenoxy) is 2. The van der Waals surface area contributed by atoms with Crippen LogP contribution in [0.1, 0.15) is 23.7 Å². The van der Waals surface area contributed by atoms with Gasteiger partial charge in [-0.2, -0.15) is 0 Å². The molecule has 2 rings (SSSR count). The number of nitrogens with one attached hydrogen (secondary N) is 1. The number of hydrogen-bond donors (Lipinski definition) is 1. The summed E-state index contributed by atoms with van der Waals surface area (Å²) in [5, 5.41) is 3.19. The van der Waals surface area contributed by atoms with Crippen LogP contribution in [0.4, 0.5) is 0 Å². The van der Waals surface area contributed by atoms with Crippen LogP contribution >= 0.6 is 0 Å². The van der Waals surface area contributed by atoms with E-state index in [-0.39, 0.29) is 17.9 Å². The van der Waals surface area contributed by atoms with Gasteiger partial charge in [-0.1, -0.05) is 12.1 Å². The second-order valence-electron chi connectivity index (χ2n) is 4.38. The summed E-state index contributed by atoms with van der Waals surface area (Å²) in [4.78, 5) is 12.3. The molecule has 0 radical (unpaired) electrons. The number of carbonyl (C=O) groups is 1.